The molecule has 5 nitrogen and oxygen atoms in total. The number of aliphatic carboxylic acids is 1. The molecule has 21 heavy (non-hydrogen) atoms. The largest absolute Gasteiger partial charge is 0.480 e. The predicted molar refractivity (Wildman–Crippen MR) is 84.2 cm³/mol. The average molecular weight is 314 g/mol. The number of nitrogens with zero attached hydrogens (tertiary/aromatic N) is 1. The van der Waals surface area contributed by atoms with Gasteiger partial charge in [-0.1, -0.05) is 41.5 Å². The second-order valence-electron chi connectivity index (χ2n) is 7.56. The van der Waals surface area contributed by atoms with Crippen molar-refractivity contribution in [1.29, 1.82) is 0 Å². The molecule has 1 aliphatic carbocycles. The van der Waals surface area contributed by atoms with Crippen molar-refractivity contribution < 1.29 is 14.7 Å². The Labute approximate surface area is 130 Å². The first-order valence-corrected chi connectivity index (χ1v) is 8.50. The first kappa shape index (κ1) is 16.5. The number of amides is 2. The molecule has 0 aromatic carbocycles. The third-order valence-corrected chi connectivity index (χ3v) is 7.03. The molecule has 0 aromatic heterocycles. The van der Waals surface area contributed by atoms with Gasteiger partial charge >= 0.3 is 12.0 Å². The Morgan fingerprint density at radius 2 is 1.76 bits per heavy atom. The van der Waals surface area contributed by atoms with E-state index in [1.165, 1.54) is 4.90 Å². The smallest absolute Gasteiger partial charge is 0.327 e. The molecule has 1 aliphatic heterocycles. The lowest BCUT2D eigenvalue weighted by Crippen LogP contribution is -2.52. The molecular formula is C15H26N2O3S. The number of carbonyl (C=O) groups is 2. The van der Waals surface area contributed by atoms with Crippen molar-refractivity contribution in [3.05, 3.63) is 0 Å². The van der Waals surface area contributed by atoms with Crippen molar-refractivity contribution in [3.8, 4) is 0 Å². The summed E-state index contributed by atoms with van der Waals surface area (Å²) in [4.78, 5) is 25.6. The Balaban J connectivity index is 2.14. The third-order valence-electron chi connectivity index (χ3n) is 5.41. The zero-order valence-corrected chi connectivity index (χ0v) is 14.5. The lowest BCUT2D eigenvalue weighted by molar-refractivity contribution is -0.141. The van der Waals surface area contributed by atoms with Crippen LogP contribution in [-0.2, 0) is 4.79 Å². The van der Waals surface area contributed by atoms with E-state index < -0.39 is 12.0 Å². The summed E-state index contributed by atoms with van der Waals surface area (Å²) in [5.41, 5.74) is 0.0865. The Kier molecular flexibility index (Phi) is 3.98. The van der Waals surface area contributed by atoms with Crippen molar-refractivity contribution in [3.63, 3.8) is 0 Å². The molecule has 0 radical (unpaired) electrons. The maximum absolute atomic E-state index is 12.6. The zero-order chi connectivity index (χ0) is 16.2. The van der Waals surface area contributed by atoms with E-state index in [2.05, 4.69) is 33.0 Å². The van der Waals surface area contributed by atoms with Crippen molar-refractivity contribution in [2.45, 2.75) is 59.0 Å². The molecule has 0 spiro atoms. The molecule has 2 fully saturated rings. The topological polar surface area (TPSA) is 69.6 Å². The van der Waals surface area contributed by atoms with E-state index >= 15 is 0 Å². The summed E-state index contributed by atoms with van der Waals surface area (Å²) >= 11 is 1.55. The highest BCUT2D eigenvalue weighted by Crippen LogP contribution is 2.62. The minimum Gasteiger partial charge on any atom is -0.480 e. The fourth-order valence-electron chi connectivity index (χ4n) is 3.24. The second kappa shape index (κ2) is 5.07. The molecule has 2 atom stereocenters. The maximum atomic E-state index is 12.6. The van der Waals surface area contributed by atoms with Crippen LogP contribution < -0.4 is 5.32 Å². The van der Waals surface area contributed by atoms with Gasteiger partial charge in [0.2, 0.25) is 0 Å². The quantitative estimate of drug-likeness (QED) is 0.840. The second-order valence-corrected chi connectivity index (χ2v) is 8.70. The summed E-state index contributed by atoms with van der Waals surface area (Å²) in [6.45, 7) is 12.6. The lowest BCUT2D eigenvalue weighted by Gasteiger charge is -2.30. The fourth-order valence-corrected chi connectivity index (χ4v) is 4.71. The monoisotopic (exact) mass is 314 g/mol. The zero-order valence-electron chi connectivity index (χ0n) is 13.6. The first-order chi connectivity index (χ1) is 9.51. The van der Waals surface area contributed by atoms with E-state index in [-0.39, 0.29) is 34.2 Å². The minimum atomic E-state index is -0.921. The van der Waals surface area contributed by atoms with E-state index in [4.69, 9.17) is 0 Å². The fraction of sp³-hybridized carbons (Fsp3) is 0.867. The third kappa shape index (κ3) is 2.51. The van der Waals surface area contributed by atoms with Crippen LogP contribution in [-0.4, -0.2) is 45.2 Å². The van der Waals surface area contributed by atoms with Crippen LogP contribution in [0, 0.1) is 16.7 Å². The van der Waals surface area contributed by atoms with E-state index in [1.54, 1.807) is 11.8 Å². The van der Waals surface area contributed by atoms with Gasteiger partial charge in [-0.05, 0) is 16.7 Å². The number of thioether (sulfide) groups is 1. The maximum Gasteiger partial charge on any atom is 0.327 e. The van der Waals surface area contributed by atoms with Gasteiger partial charge in [-0.25, -0.2) is 9.59 Å². The molecule has 2 N–H and O–H groups in total. The Morgan fingerprint density at radius 3 is 2.14 bits per heavy atom. The Morgan fingerprint density at radius 1 is 1.24 bits per heavy atom. The van der Waals surface area contributed by atoms with Crippen LogP contribution >= 0.6 is 11.8 Å². The van der Waals surface area contributed by atoms with E-state index in [0.717, 1.165) is 0 Å². The lowest BCUT2D eigenvalue weighted by atomic mass is 10.0. The highest BCUT2D eigenvalue weighted by atomic mass is 32.2. The molecule has 1 saturated heterocycles. The number of carboxylic acids is 1. The van der Waals surface area contributed by atoms with Crippen LogP contribution in [0.2, 0.25) is 0 Å². The number of rotatable bonds is 3. The normalized spacial score (nSPS) is 30.5. The molecule has 2 unspecified atom stereocenters. The SMILES string of the molecule is CC(C)C1SCC(C(=O)O)N1C(=O)NC1C(C)(C)C1(C)C. The van der Waals surface area contributed by atoms with E-state index in [9.17, 15) is 14.7 Å². The number of hydrogen-bond donors (Lipinski definition) is 2. The number of nitrogens with one attached hydrogen (secondary N) is 1. The summed E-state index contributed by atoms with van der Waals surface area (Å²) in [5, 5.41) is 12.3. The Hall–Kier alpha value is -0.910. The van der Waals surface area contributed by atoms with Crippen LogP contribution in [0.25, 0.3) is 0 Å². The van der Waals surface area contributed by atoms with E-state index in [1.807, 2.05) is 13.8 Å². The molecule has 6 heteroatoms. The van der Waals surface area contributed by atoms with Crippen molar-refractivity contribution in [2.75, 3.05) is 5.75 Å². The van der Waals surface area contributed by atoms with Gasteiger partial charge in [0.15, 0.2) is 0 Å². The molecule has 2 amide bonds. The molecule has 2 rings (SSSR count). The van der Waals surface area contributed by atoms with Gasteiger partial charge in [0.05, 0.1) is 5.37 Å². The molecule has 0 aromatic rings. The van der Waals surface area contributed by atoms with Gasteiger partial charge in [0, 0.05) is 11.8 Å². The van der Waals surface area contributed by atoms with Crippen LogP contribution in [0.5, 0.6) is 0 Å². The summed E-state index contributed by atoms with van der Waals surface area (Å²) in [6.07, 6.45) is 0. The number of hydrogen-bond acceptors (Lipinski definition) is 3. The highest BCUT2D eigenvalue weighted by molar-refractivity contribution is 8.00. The van der Waals surface area contributed by atoms with Gasteiger partial charge in [0.1, 0.15) is 6.04 Å². The molecule has 1 saturated carbocycles. The highest BCUT2D eigenvalue weighted by Gasteiger charge is 2.66. The van der Waals surface area contributed by atoms with Crippen molar-refractivity contribution >= 4 is 23.8 Å². The van der Waals surface area contributed by atoms with E-state index in [0.29, 0.717) is 5.75 Å². The minimum absolute atomic E-state index is 0.0432. The molecule has 0 bridgehead atoms. The van der Waals surface area contributed by atoms with Gasteiger partial charge < -0.3 is 10.4 Å². The van der Waals surface area contributed by atoms with Gasteiger partial charge in [-0.15, -0.1) is 11.8 Å². The molecular weight excluding hydrogens is 288 g/mol. The van der Waals surface area contributed by atoms with Gasteiger partial charge in [-0.2, -0.15) is 0 Å². The van der Waals surface area contributed by atoms with Gasteiger partial charge in [-0.3, -0.25) is 4.90 Å². The first-order valence-electron chi connectivity index (χ1n) is 7.45. The van der Waals surface area contributed by atoms with Crippen molar-refractivity contribution in [1.82, 2.24) is 10.2 Å². The summed E-state index contributed by atoms with van der Waals surface area (Å²) in [7, 11) is 0. The summed E-state index contributed by atoms with van der Waals surface area (Å²) < 4.78 is 0. The summed E-state index contributed by atoms with van der Waals surface area (Å²) in [6, 6.07) is -0.882. The number of carbonyl (C=O) groups excluding carboxylic acids is 1. The number of carboxylic acid groups (broad SMARTS) is 1. The molecule has 1 heterocycles. The average Bonchev–Trinajstić information content (AvgIpc) is 2.73. The summed E-state index contributed by atoms with van der Waals surface area (Å²) in [5.74, 6) is -0.233. The van der Waals surface area contributed by atoms with Crippen molar-refractivity contribution in [2.24, 2.45) is 16.7 Å². The van der Waals surface area contributed by atoms with Gasteiger partial charge in [0.25, 0.3) is 0 Å². The van der Waals surface area contributed by atoms with Crippen LogP contribution in [0.15, 0.2) is 0 Å². The number of urea groups is 1. The molecule has 2 aliphatic rings. The van der Waals surface area contributed by atoms with Crippen LogP contribution in [0.4, 0.5) is 4.79 Å². The Bertz CT molecular complexity index is 448. The standard InChI is InChI=1S/C15H26N2O3S/c1-8(2)10-17(9(7-21-10)11(18)19)13(20)16-12-14(3,4)15(12,5)6/h8-10,12H,7H2,1-6H3,(H,16,20)(H,18,19). The molecule has 120 valence electrons. The predicted octanol–water partition coefficient (Wildman–Crippen LogP) is 2.61. The van der Waals surface area contributed by atoms with Crippen LogP contribution in [0.3, 0.4) is 0 Å². The van der Waals surface area contributed by atoms with Crippen LogP contribution in [0.1, 0.15) is 41.5 Å².